The minimum Gasteiger partial charge on any atom is -0.370 e. The average Bonchev–Trinajstić information content (AvgIpc) is 3.29. The number of hydrogen-bond acceptors (Lipinski definition) is 9. The van der Waals surface area contributed by atoms with Crippen molar-refractivity contribution in [2.75, 3.05) is 82.5 Å². The van der Waals surface area contributed by atoms with Crippen molar-refractivity contribution in [2.45, 2.75) is 44.6 Å². The Bertz CT molecular complexity index is 1260. The Morgan fingerprint density at radius 3 is 2.49 bits per heavy atom. The maximum absolute atomic E-state index is 13.0. The number of anilines is 3. The van der Waals surface area contributed by atoms with Crippen LogP contribution in [0.4, 0.5) is 23.0 Å². The number of hydrogen-bond donors (Lipinski definition) is 2. The third-order valence-corrected chi connectivity index (χ3v) is 8.26. The highest BCUT2D eigenvalue weighted by Crippen LogP contribution is 2.35. The zero-order valence-corrected chi connectivity index (χ0v) is 24.6. The van der Waals surface area contributed by atoms with Gasteiger partial charge in [-0.1, -0.05) is 6.42 Å². The van der Waals surface area contributed by atoms with E-state index in [-0.39, 0.29) is 11.8 Å². The Labute approximate surface area is 243 Å². The van der Waals surface area contributed by atoms with Crippen LogP contribution in [0.15, 0.2) is 29.5 Å². The summed E-state index contributed by atoms with van der Waals surface area (Å²) in [6.07, 6.45) is 7.51. The van der Waals surface area contributed by atoms with Crippen LogP contribution in [0, 0.1) is 0 Å². The number of amides is 2. The van der Waals surface area contributed by atoms with Crippen molar-refractivity contribution in [1.82, 2.24) is 24.7 Å². The van der Waals surface area contributed by atoms with Crippen LogP contribution >= 0.6 is 0 Å². The molecule has 220 valence electrons. The molecule has 1 aromatic carbocycles. The van der Waals surface area contributed by atoms with Crippen molar-refractivity contribution >= 4 is 41.0 Å². The number of nitrogens with one attached hydrogen (secondary N) is 2. The van der Waals surface area contributed by atoms with Gasteiger partial charge in [-0.15, -0.1) is 0 Å². The molecule has 41 heavy (non-hydrogen) atoms. The van der Waals surface area contributed by atoms with E-state index in [0.29, 0.717) is 36.7 Å². The first-order valence-electron chi connectivity index (χ1n) is 14.8. The van der Waals surface area contributed by atoms with E-state index in [1.54, 1.807) is 6.21 Å². The Morgan fingerprint density at radius 2 is 1.66 bits per heavy atom. The monoisotopic (exact) mass is 561 g/mol. The van der Waals surface area contributed by atoms with E-state index in [0.717, 1.165) is 70.6 Å². The number of likely N-dealkylation sites (N-methyl/N-ethyl adjacent to an activating group) is 1. The quantitative estimate of drug-likeness (QED) is 0.547. The summed E-state index contributed by atoms with van der Waals surface area (Å²) in [5.74, 6) is 0.576. The molecule has 11 nitrogen and oxygen atoms in total. The normalized spacial score (nSPS) is 22.1. The molecule has 2 bridgehead atoms. The summed E-state index contributed by atoms with van der Waals surface area (Å²) in [4.78, 5) is 48.1. The molecule has 11 heteroatoms. The van der Waals surface area contributed by atoms with Crippen LogP contribution in [0.3, 0.4) is 0 Å². The molecule has 0 spiro atoms. The first-order valence-corrected chi connectivity index (χ1v) is 14.8. The summed E-state index contributed by atoms with van der Waals surface area (Å²) in [5, 5.41) is 6.24. The van der Waals surface area contributed by atoms with E-state index in [2.05, 4.69) is 61.5 Å². The average molecular weight is 562 g/mol. The standard InChI is InChI=1S/C30H43N9O2/c1-36-14-16-39(17-15-36)25-10-9-23-18-22(25)20-37(2)12-6-4-5-8-26(40)38(3)13-7-11-31-28-27-24(19-32-23)30(41)35-29(27)34-21-33-28/h9-10,18-19,21,24H,4-8,11-17,20H2,1-3H3,(H2,31,33,34,35,41). The minimum absolute atomic E-state index is 0.162. The number of carbonyl (C=O) groups excluding carboxylic acids is 2. The van der Waals surface area contributed by atoms with Crippen molar-refractivity contribution in [2.24, 2.45) is 4.99 Å². The van der Waals surface area contributed by atoms with E-state index in [1.165, 1.54) is 17.6 Å². The van der Waals surface area contributed by atoms with Gasteiger partial charge in [0.05, 0.1) is 11.3 Å². The minimum atomic E-state index is -0.588. The van der Waals surface area contributed by atoms with E-state index in [9.17, 15) is 9.59 Å². The third kappa shape index (κ3) is 7.20. The summed E-state index contributed by atoms with van der Waals surface area (Å²) in [6.45, 7) is 7.13. The van der Waals surface area contributed by atoms with Gasteiger partial charge in [-0.2, -0.15) is 0 Å². The maximum atomic E-state index is 13.0. The van der Waals surface area contributed by atoms with Crippen molar-refractivity contribution in [1.29, 1.82) is 0 Å². The van der Waals surface area contributed by atoms with Crippen LogP contribution in [-0.4, -0.2) is 110 Å². The molecule has 3 aliphatic rings. The lowest BCUT2D eigenvalue weighted by Gasteiger charge is -2.35. The summed E-state index contributed by atoms with van der Waals surface area (Å²) in [5.41, 5.74) is 4.02. The van der Waals surface area contributed by atoms with E-state index < -0.39 is 5.92 Å². The Morgan fingerprint density at radius 1 is 0.854 bits per heavy atom. The van der Waals surface area contributed by atoms with Crippen LogP contribution in [0.25, 0.3) is 0 Å². The number of aromatic nitrogens is 2. The molecule has 5 rings (SSSR count). The molecule has 0 radical (unpaired) electrons. The van der Waals surface area contributed by atoms with Gasteiger partial charge >= 0.3 is 0 Å². The fourth-order valence-electron chi connectivity index (χ4n) is 5.74. The second kappa shape index (κ2) is 13.4. The molecule has 1 atom stereocenters. The number of aliphatic imine (C=N–C) groups is 1. The number of benzene rings is 1. The molecule has 2 aromatic rings. The fraction of sp³-hybridized carbons (Fsp3) is 0.567. The lowest BCUT2D eigenvalue weighted by Crippen LogP contribution is -2.45. The highest BCUT2D eigenvalue weighted by Gasteiger charge is 2.33. The molecule has 4 heterocycles. The summed E-state index contributed by atoms with van der Waals surface area (Å²) in [6, 6.07) is 6.38. The van der Waals surface area contributed by atoms with Crippen LogP contribution in [0.5, 0.6) is 0 Å². The molecule has 2 N–H and O–H groups in total. The van der Waals surface area contributed by atoms with Gasteiger partial charge in [0.25, 0.3) is 0 Å². The zero-order valence-electron chi connectivity index (χ0n) is 24.6. The Balaban J connectivity index is 1.43. The van der Waals surface area contributed by atoms with E-state index in [4.69, 9.17) is 4.99 Å². The lowest BCUT2D eigenvalue weighted by atomic mass is 10.0. The van der Waals surface area contributed by atoms with Gasteiger partial charge in [0, 0.05) is 71.2 Å². The molecule has 1 unspecified atom stereocenters. The van der Waals surface area contributed by atoms with Gasteiger partial charge in [-0.05, 0) is 63.7 Å². The van der Waals surface area contributed by atoms with Crippen molar-refractivity contribution in [3.05, 3.63) is 35.7 Å². The molecular weight excluding hydrogens is 518 g/mol. The second-order valence-corrected chi connectivity index (χ2v) is 11.5. The molecule has 2 amide bonds. The predicted octanol–water partition coefficient (Wildman–Crippen LogP) is 2.93. The maximum Gasteiger partial charge on any atom is 0.238 e. The van der Waals surface area contributed by atoms with Crippen LogP contribution < -0.4 is 15.5 Å². The summed E-state index contributed by atoms with van der Waals surface area (Å²) < 4.78 is 0. The SMILES string of the molecule is CN1CCN(c2ccc3cc2CN(C)CCCCCC(=O)N(C)CCCNc2ncnc4c2C(C=N3)C(=O)N4)CC1. The number of rotatable bonds is 1. The smallest absolute Gasteiger partial charge is 0.238 e. The predicted molar refractivity (Wildman–Crippen MR) is 163 cm³/mol. The van der Waals surface area contributed by atoms with Crippen LogP contribution in [-0.2, 0) is 16.1 Å². The van der Waals surface area contributed by atoms with E-state index in [1.807, 2.05) is 18.0 Å². The molecule has 1 aromatic heterocycles. The summed E-state index contributed by atoms with van der Waals surface area (Å²) in [7, 11) is 6.20. The third-order valence-electron chi connectivity index (χ3n) is 8.26. The van der Waals surface area contributed by atoms with Gasteiger partial charge in [0.15, 0.2) is 0 Å². The highest BCUT2D eigenvalue weighted by atomic mass is 16.2. The van der Waals surface area contributed by atoms with Crippen molar-refractivity contribution in [3.63, 3.8) is 0 Å². The summed E-state index contributed by atoms with van der Waals surface area (Å²) >= 11 is 0. The first-order chi connectivity index (χ1) is 19.9. The van der Waals surface area contributed by atoms with Gasteiger partial charge in [0.1, 0.15) is 23.9 Å². The Hall–Kier alpha value is -3.57. The largest absolute Gasteiger partial charge is 0.370 e. The number of fused-ring (bicyclic) bond motifs is 2. The second-order valence-electron chi connectivity index (χ2n) is 11.5. The van der Waals surface area contributed by atoms with Gasteiger partial charge in [-0.3, -0.25) is 14.6 Å². The molecule has 1 saturated heterocycles. The number of piperazine rings is 1. The lowest BCUT2D eigenvalue weighted by molar-refractivity contribution is -0.130. The van der Waals surface area contributed by atoms with Crippen molar-refractivity contribution < 1.29 is 9.59 Å². The van der Waals surface area contributed by atoms with Gasteiger partial charge < -0.3 is 30.2 Å². The van der Waals surface area contributed by atoms with Gasteiger partial charge in [0.2, 0.25) is 11.8 Å². The van der Waals surface area contributed by atoms with Crippen LogP contribution in [0.2, 0.25) is 0 Å². The van der Waals surface area contributed by atoms with E-state index >= 15 is 0 Å². The van der Waals surface area contributed by atoms with Crippen LogP contribution in [0.1, 0.15) is 49.1 Å². The molecule has 3 aliphatic heterocycles. The van der Waals surface area contributed by atoms with Gasteiger partial charge in [-0.25, -0.2) is 9.97 Å². The van der Waals surface area contributed by atoms with Crippen molar-refractivity contribution in [3.8, 4) is 0 Å². The number of carbonyl (C=O) groups is 2. The number of nitrogens with zero attached hydrogens (tertiary/aromatic N) is 7. The Kier molecular flexibility index (Phi) is 9.45. The molecule has 1 fully saturated rings. The first kappa shape index (κ1) is 28.9. The topological polar surface area (TPSA) is 109 Å². The highest BCUT2D eigenvalue weighted by molar-refractivity contribution is 6.13. The molecule has 0 saturated carbocycles. The molecular formula is C30H43N9O2. The fourth-order valence-corrected chi connectivity index (χ4v) is 5.74. The zero-order chi connectivity index (χ0) is 28.8. The molecule has 0 aliphatic carbocycles.